The minimum Gasteiger partial charge on any atom is -0.467 e. The van der Waals surface area contributed by atoms with E-state index >= 15 is 0 Å². The van der Waals surface area contributed by atoms with Gasteiger partial charge >= 0.3 is 5.97 Å². The molecule has 3 nitrogen and oxygen atoms in total. The number of carbonyl (C=O) groups excluding carboxylic acids is 1. The van der Waals surface area contributed by atoms with Crippen LogP contribution in [0.15, 0.2) is 12.1 Å². The van der Waals surface area contributed by atoms with E-state index in [4.69, 9.17) is 11.6 Å². The second-order valence-electron chi connectivity index (χ2n) is 3.71. The molecule has 0 aliphatic rings. The average molecular weight is 260 g/mol. The van der Waals surface area contributed by atoms with Crippen molar-refractivity contribution >= 4 is 23.3 Å². The van der Waals surface area contributed by atoms with Gasteiger partial charge in [-0.25, -0.2) is 9.18 Å². The number of anilines is 1. The van der Waals surface area contributed by atoms with Gasteiger partial charge in [0.25, 0.3) is 0 Å². The Morgan fingerprint density at radius 2 is 2.24 bits per heavy atom. The first-order chi connectivity index (χ1) is 7.99. The molecule has 0 amide bonds. The second kappa shape index (κ2) is 5.87. The summed E-state index contributed by atoms with van der Waals surface area (Å²) in [5, 5.41) is 3.19. The van der Waals surface area contributed by atoms with Crippen LogP contribution in [0.2, 0.25) is 5.02 Å². The minimum absolute atomic E-state index is 0.246. The zero-order chi connectivity index (χ0) is 13.0. The number of ether oxygens (including phenoxy) is 1. The van der Waals surface area contributed by atoms with E-state index in [2.05, 4.69) is 10.1 Å². The molecule has 0 saturated carbocycles. The Kier molecular flexibility index (Phi) is 4.75. The van der Waals surface area contributed by atoms with Crippen molar-refractivity contribution in [2.75, 3.05) is 12.4 Å². The van der Waals surface area contributed by atoms with Gasteiger partial charge in [-0.3, -0.25) is 0 Å². The van der Waals surface area contributed by atoms with E-state index < -0.39 is 6.04 Å². The van der Waals surface area contributed by atoms with E-state index in [-0.39, 0.29) is 16.8 Å². The standard InChI is InChI=1S/C12H15ClFNO2/c1-4-10(12(16)17-3)15-11-5-7(2)9(14)6-8(11)13/h5-6,10,15H,4H2,1-3H3. The zero-order valence-electron chi connectivity index (χ0n) is 10.0. The smallest absolute Gasteiger partial charge is 0.328 e. The van der Waals surface area contributed by atoms with Crippen molar-refractivity contribution in [3.05, 3.63) is 28.5 Å². The third kappa shape index (κ3) is 3.33. The average Bonchev–Trinajstić information content (AvgIpc) is 2.31. The van der Waals surface area contributed by atoms with Crippen molar-refractivity contribution in [2.24, 2.45) is 0 Å². The molecule has 5 heteroatoms. The van der Waals surface area contributed by atoms with Crippen molar-refractivity contribution in [1.82, 2.24) is 0 Å². The topological polar surface area (TPSA) is 38.3 Å². The normalized spacial score (nSPS) is 12.1. The van der Waals surface area contributed by atoms with Crippen molar-refractivity contribution < 1.29 is 13.9 Å². The van der Waals surface area contributed by atoms with Crippen LogP contribution in [0.25, 0.3) is 0 Å². The number of hydrogen-bond donors (Lipinski definition) is 1. The molecule has 94 valence electrons. The molecule has 1 atom stereocenters. The maximum atomic E-state index is 13.2. The number of benzene rings is 1. The van der Waals surface area contributed by atoms with E-state index in [1.54, 1.807) is 13.0 Å². The predicted molar refractivity (Wildman–Crippen MR) is 65.9 cm³/mol. The van der Waals surface area contributed by atoms with Crippen LogP contribution in [0, 0.1) is 12.7 Å². The number of rotatable bonds is 4. The fraction of sp³-hybridized carbons (Fsp3) is 0.417. The lowest BCUT2D eigenvalue weighted by molar-refractivity contribution is -0.141. The molecule has 17 heavy (non-hydrogen) atoms. The fourth-order valence-electron chi connectivity index (χ4n) is 1.43. The molecule has 0 aliphatic heterocycles. The summed E-state index contributed by atoms with van der Waals surface area (Å²) in [6, 6.07) is 2.31. The summed E-state index contributed by atoms with van der Waals surface area (Å²) in [4.78, 5) is 11.4. The van der Waals surface area contributed by atoms with Gasteiger partial charge in [-0.1, -0.05) is 18.5 Å². The Balaban J connectivity index is 2.94. The predicted octanol–water partition coefficient (Wildman–Crippen LogP) is 3.15. The molecular weight excluding hydrogens is 245 g/mol. The Morgan fingerprint density at radius 3 is 2.76 bits per heavy atom. The molecule has 0 saturated heterocycles. The highest BCUT2D eigenvalue weighted by atomic mass is 35.5. The van der Waals surface area contributed by atoms with E-state index in [1.165, 1.54) is 13.2 Å². The molecule has 1 aromatic rings. The van der Waals surface area contributed by atoms with Crippen LogP contribution < -0.4 is 5.32 Å². The van der Waals surface area contributed by atoms with Gasteiger partial charge in [0.05, 0.1) is 17.8 Å². The van der Waals surface area contributed by atoms with Gasteiger partial charge in [-0.15, -0.1) is 0 Å². The molecule has 0 radical (unpaired) electrons. The van der Waals surface area contributed by atoms with Gasteiger partial charge in [0.2, 0.25) is 0 Å². The third-order valence-corrected chi connectivity index (χ3v) is 2.78. The van der Waals surface area contributed by atoms with Crippen molar-refractivity contribution in [2.45, 2.75) is 26.3 Å². The zero-order valence-corrected chi connectivity index (χ0v) is 10.8. The Labute approximate surface area is 105 Å². The number of esters is 1. The van der Waals surface area contributed by atoms with Crippen LogP contribution in [-0.2, 0) is 9.53 Å². The number of aryl methyl sites for hydroxylation is 1. The first-order valence-corrected chi connectivity index (χ1v) is 5.67. The monoisotopic (exact) mass is 259 g/mol. The lowest BCUT2D eigenvalue weighted by atomic mass is 10.1. The van der Waals surface area contributed by atoms with Gasteiger partial charge in [0.15, 0.2) is 0 Å². The lowest BCUT2D eigenvalue weighted by Crippen LogP contribution is -2.30. The van der Waals surface area contributed by atoms with Crippen LogP contribution in [0.3, 0.4) is 0 Å². The Hall–Kier alpha value is -1.29. The van der Waals surface area contributed by atoms with E-state index in [9.17, 15) is 9.18 Å². The highest BCUT2D eigenvalue weighted by Gasteiger charge is 2.18. The highest BCUT2D eigenvalue weighted by molar-refractivity contribution is 6.33. The third-order valence-electron chi connectivity index (χ3n) is 2.47. The second-order valence-corrected chi connectivity index (χ2v) is 4.12. The molecule has 0 fully saturated rings. The molecule has 1 N–H and O–H groups in total. The fourth-order valence-corrected chi connectivity index (χ4v) is 1.63. The maximum Gasteiger partial charge on any atom is 0.328 e. The largest absolute Gasteiger partial charge is 0.467 e. The Morgan fingerprint density at radius 1 is 1.59 bits per heavy atom. The molecule has 0 aromatic heterocycles. The molecular formula is C12H15ClFNO2. The van der Waals surface area contributed by atoms with Crippen LogP contribution in [-0.4, -0.2) is 19.1 Å². The first kappa shape index (κ1) is 13.8. The van der Waals surface area contributed by atoms with Crippen LogP contribution in [0.1, 0.15) is 18.9 Å². The van der Waals surface area contributed by atoms with Crippen LogP contribution in [0.4, 0.5) is 10.1 Å². The number of hydrogen-bond acceptors (Lipinski definition) is 3. The molecule has 0 aliphatic carbocycles. The van der Waals surface area contributed by atoms with Crippen LogP contribution >= 0.6 is 11.6 Å². The molecule has 0 heterocycles. The summed E-state index contributed by atoms with van der Waals surface area (Å²) in [5.74, 6) is -0.739. The van der Waals surface area contributed by atoms with Crippen molar-refractivity contribution in [3.63, 3.8) is 0 Å². The van der Waals surface area contributed by atoms with Crippen molar-refractivity contribution in [3.8, 4) is 0 Å². The number of carbonyl (C=O) groups is 1. The maximum absolute atomic E-state index is 13.2. The van der Waals surface area contributed by atoms with Gasteiger partial charge in [0.1, 0.15) is 11.9 Å². The van der Waals surface area contributed by atoms with Crippen LogP contribution in [0.5, 0.6) is 0 Å². The van der Waals surface area contributed by atoms with Gasteiger partial charge in [0, 0.05) is 0 Å². The quantitative estimate of drug-likeness (QED) is 0.844. The summed E-state index contributed by atoms with van der Waals surface area (Å²) in [6.45, 7) is 3.48. The minimum atomic E-state index is -0.484. The molecule has 0 spiro atoms. The summed E-state index contributed by atoms with van der Waals surface area (Å²) in [6.07, 6.45) is 0.555. The number of nitrogens with one attached hydrogen (secondary N) is 1. The van der Waals surface area contributed by atoms with E-state index in [1.807, 2.05) is 6.92 Å². The van der Waals surface area contributed by atoms with Gasteiger partial charge in [-0.05, 0) is 31.0 Å². The summed E-state index contributed by atoms with van der Waals surface area (Å²) in [7, 11) is 1.32. The Bertz CT molecular complexity index is 423. The molecule has 1 rings (SSSR count). The summed E-state index contributed by atoms with van der Waals surface area (Å²) >= 11 is 5.90. The first-order valence-electron chi connectivity index (χ1n) is 5.29. The van der Waals surface area contributed by atoms with Gasteiger partial charge < -0.3 is 10.1 Å². The van der Waals surface area contributed by atoms with E-state index in [0.717, 1.165) is 0 Å². The molecule has 1 aromatic carbocycles. The molecule has 0 bridgehead atoms. The van der Waals surface area contributed by atoms with E-state index in [0.29, 0.717) is 17.7 Å². The van der Waals surface area contributed by atoms with Gasteiger partial charge in [-0.2, -0.15) is 0 Å². The summed E-state index contributed by atoms with van der Waals surface area (Å²) in [5.41, 5.74) is 0.999. The highest BCUT2D eigenvalue weighted by Crippen LogP contribution is 2.26. The number of halogens is 2. The van der Waals surface area contributed by atoms with Crippen molar-refractivity contribution in [1.29, 1.82) is 0 Å². The molecule has 1 unspecified atom stereocenters. The lowest BCUT2D eigenvalue weighted by Gasteiger charge is -2.17. The summed E-state index contributed by atoms with van der Waals surface area (Å²) < 4.78 is 17.9. The number of methoxy groups -OCH3 is 1. The SMILES string of the molecule is CCC(Nc1cc(C)c(F)cc1Cl)C(=O)OC.